The van der Waals surface area contributed by atoms with Crippen LogP contribution in [-0.4, -0.2) is 57.7 Å². The number of anilines is 1. The van der Waals surface area contributed by atoms with Crippen LogP contribution in [0.1, 0.15) is 23.7 Å². The molecule has 0 aliphatic rings. The molecule has 0 radical (unpaired) electrons. The lowest BCUT2D eigenvalue weighted by Gasteiger charge is -2.24. The molecule has 0 aliphatic heterocycles. The van der Waals surface area contributed by atoms with E-state index in [2.05, 4.69) is 10.4 Å². The number of methoxy groups -OCH3 is 2. The maximum absolute atomic E-state index is 14.1. The molecule has 2 aromatic carbocycles. The summed E-state index contributed by atoms with van der Waals surface area (Å²) in [6.07, 6.45) is 0.397. The highest BCUT2D eigenvalue weighted by molar-refractivity contribution is 5.98. The first-order valence-corrected chi connectivity index (χ1v) is 9.55. The van der Waals surface area contributed by atoms with Gasteiger partial charge in [-0.1, -0.05) is 13.0 Å². The van der Waals surface area contributed by atoms with Crippen LogP contribution in [0.2, 0.25) is 0 Å². The number of para-hydroxylation sites is 1. The maximum Gasteiger partial charge on any atom is 0.377 e. The standard InChI is InChI=1S/C20H19F2N5O6/c1-4-8-25(14-9-11(18(28)29)15(32-2)10-16(14)33-3)19(30)27-20(31)26(23-24-27)17-12(21)6-5-7-13(17)22/h5-7,9-10H,4,8H2,1-3H3,(H,28,29). The van der Waals surface area contributed by atoms with Crippen molar-refractivity contribution in [3.63, 3.8) is 0 Å². The summed E-state index contributed by atoms with van der Waals surface area (Å²) in [5.41, 5.74) is -2.26. The summed E-state index contributed by atoms with van der Waals surface area (Å²) in [5.74, 6) is -3.41. The molecule has 0 spiro atoms. The number of hydrogen-bond acceptors (Lipinski definition) is 7. The molecule has 0 unspecified atom stereocenters. The van der Waals surface area contributed by atoms with Gasteiger partial charge in [-0.25, -0.2) is 23.2 Å². The van der Waals surface area contributed by atoms with Gasteiger partial charge in [-0.05, 0) is 35.0 Å². The second-order valence-electron chi connectivity index (χ2n) is 6.62. The number of carbonyl (C=O) groups excluding carboxylic acids is 1. The number of rotatable bonds is 7. The summed E-state index contributed by atoms with van der Waals surface area (Å²) < 4.78 is 39.2. The van der Waals surface area contributed by atoms with Gasteiger partial charge in [0, 0.05) is 12.6 Å². The van der Waals surface area contributed by atoms with Gasteiger partial charge in [0.25, 0.3) is 0 Å². The van der Waals surface area contributed by atoms with Crippen molar-refractivity contribution >= 4 is 17.7 Å². The number of ether oxygens (including phenoxy) is 2. The van der Waals surface area contributed by atoms with Crippen molar-refractivity contribution < 1.29 is 33.0 Å². The molecular weight excluding hydrogens is 444 g/mol. The number of halogens is 2. The van der Waals surface area contributed by atoms with Crippen LogP contribution < -0.4 is 20.1 Å². The van der Waals surface area contributed by atoms with E-state index in [1.807, 2.05) is 0 Å². The molecular formula is C20H19F2N5O6. The third-order valence-electron chi connectivity index (χ3n) is 4.61. The van der Waals surface area contributed by atoms with Gasteiger partial charge < -0.3 is 14.6 Å². The van der Waals surface area contributed by atoms with E-state index in [0.717, 1.165) is 29.2 Å². The zero-order valence-corrected chi connectivity index (χ0v) is 17.8. The smallest absolute Gasteiger partial charge is 0.377 e. The number of benzene rings is 2. The number of aromatic carboxylic acids is 1. The highest BCUT2D eigenvalue weighted by atomic mass is 19.1. The largest absolute Gasteiger partial charge is 0.496 e. The fraction of sp³-hybridized carbons (Fsp3) is 0.250. The van der Waals surface area contributed by atoms with Crippen molar-refractivity contribution in [3.8, 4) is 17.2 Å². The molecule has 11 nitrogen and oxygen atoms in total. The maximum atomic E-state index is 14.1. The number of tetrazole rings is 1. The number of nitrogens with zero attached hydrogens (tertiary/aromatic N) is 5. The summed E-state index contributed by atoms with van der Waals surface area (Å²) in [5, 5.41) is 16.4. The van der Waals surface area contributed by atoms with Gasteiger partial charge in [-0.3, -0.25) is 4.90 Å². The fourth-order valence-electron chi connectivity index (χ4n) is 3.12. The number of hydrogen-bond donors (Lipinski definition) is 1. The summed E-state index contributed by atoms with van der Waals surface area (Å²) in [4.78, 5) is 38.7. The van der Waals surface area contributed by atoms with E-state index in [0.29, 0.717) is 15.8 Å². The number of aromatic nitrogens is 4. The third kappa shape index (κ3) is 4.24. The van der Waals surface area contributed by atoms with E-state index in [9.17, 15) is 28.3 Å². The van der Waals surface area contributed by atoms with Crippen molar-refractivity contribution in [3.05, 3.63) is 58.0 Å². The van der Waals surface area contributed by atoms with Gasteiger partial charge in [0.2, 0.25) is 0 Å². The first kappa shape index (κ1) is 23.4. The van der Waals surface area contributed by atoms with Crippen molar-refractivity contribution in [1.29, 1.82) is 0 Å². The van der Waals surface area contributed by atoms with Crippen LogP contribution in [0.4, 0.5) is 19.3 Å². The van der Waals surface area contributed by atoms with E-state index >= 15 is 0 Å². The average Bonchev–Trinajstić information content (AvgIpc) is 3.16. The highest BCUT2D eigenvalue weighted by Gasteiger charge is 2.28. The van der Waals surface area contributed by atoms with E-state index in [1.54, 1.807) is 6.92 Å². The van der Waals surface area contributed by atoms with E-state index in [1.165, 1.54) is 20.3 Å². The normalized spacial score (nSPS) is 10.7. The Balaban J connectivity index is 2.14. The lowest BCUT2D eigenvalue weighted by Crippen LogP contribution is -2.42. The summed E-state index contributed by atoms with van der Waals surface area (Å²) in [6.45, 7) is 1.76. The van der Waals surface area contributed by atoms with Crippen LogP contribution in [0.3, 0.4) is 0 Å². The van der Waals surface area contributed by atoms with Crippen LogP contribution in [-0.2, 0) is 0 Å². The van der Waals surface area contributed by atoms with Crippen LogP contribution >= 0.6 is 0 Å². The van der Waals surface area contributed by atoms with Gasteiger partial charge >= 0.3 is 17.7 Å². The second kappa shape index (κ2) is 9.46. The quantitative estimate of drug-likeness (QED) is 0.529. The Hall–Kier alpha value is -4.29. The summed E-state index contributed by atoms with van der Waals surface area (Å²) in [7, 11) is 2.58. The molecule has 0 saturated heterocycles. The van der Waals surface area contributed by atoms with Gasteiger partial charge in [0.1, 0.15) is 22.7 Å². The Labute approximate surface area is 185 Å². The molecule has 3 rings (SSSR count). The fourth-order valence-corrected chi connectivity index (χ4v) is 3.12. The lowest BCUT2D eigenvalue weighted by molar-refractivity contribution is 0.0693. The number of carbonyl (C=O) groups is 2. The SMILES string of the molecule is CCCN(C(=O)n1nnn(-c2c(F)cccc2F)c1=O)c1cc(C(=O)O)c(OC)cc1OC. The molecule has 1 amide bonds. The van der Waals surface area contributed by atoms with E-state index in [4.69, 9.17) is 9.47 Å². The molecule has 1 N–H and O–H groups in total. The zero-order valence-electron chi connectivity index (χ0n) is 17.8. The third-order valence-corrected chi connectivity index (χ3v) is 4.61. The highest BCUT2D eigenvalue weighted by Crippen LogP contribution is 2.36. The van der Waals surface area contributed by atoms with Crippen LogP contribution in [0, 0.1) is 11.6 Å². The minimum atomic E-state index is -1.32. The van der Waals surface area contributed by atoms with Crippen molar-refractivity contribution in [2.45, 2.75) is 13.3 Å². The van der Waals surface area contributed by atoms with E-state index in [-0.39, 0.29) is 29.3 Å². The number of carboxylic acids is 1. The number of amides is 1. The topological polar surface area (TPSA) is 129 Å². The first-order chi connectivity index (χ1) is 15.7. The van der Waals surface area contributed by atoms with Crippen LogP contribution in [0.25, 0.3) is 5.69 Å². The van der Waals surface area contributed by atoms with E-state index < -0.39 is 35.0 Å². The van der Waals surface area contributed by atoms with Crippen molar-refractivity contribution in [2.75, 3.05) is 25.7 Å². The molecule has 1 heterocycles. The minimum Gasteiger partial charge on any atom is -0.496 e. The second-order valence-corrected chi connectivity index (χ2v) is 6.62. The van der Waals surface area contributed by atoms with Gasteiger partial charge in [-0.15, -0.1) is 4.68 Å². The Bertz CT molecular complexity index is 1250. The van der Waals surface area contributed by atoms with Gasteiger partial charge in [-0.2, -0.15) is 4.68 Å². The first-order valence-electron chi connectivity index (χ1n) is 9.55. The molecule has 174 valence electrons. The molecule has 0 bridgehead atoms. The molecule has 0 aliphatic carbocycles. The average molecular weight is 463 g/mol. The van der Waals surface area contributed by atoms with Gasteiger partial charge in [0.15, 0.2) is 11.6 Å². The lowest BCUT2D eigenvalue weighted by atomic mass is 10.1. The van der Waals surface area contributed by atoms with Crippen molar-refractivity contribution in [2.24, 2.45) is 0 Å². The Morgan fingerprint density at radius 2 is 1.73 bits per heavy atom. The number of carboxylic acid groups (broad SMARTS) is 1. The molecule has 0 atom stereocenters. The Kier molecular flexibility index (Phi) is 6.70. The Morgan fingerprint density at radius 3 is 2.27 bits per heavy atom. The molecule has 33 heavy (non-hydrogen) atoms. The molecule has 1 aromatic heterocycles. The summed E-state index contributed by atoms with van der Waals surface area (Å²) >= 11 is 0. The Morgan fingerprint density at radius 1 is 1.09 bits per heavy atom. The monoisotopic (exact) mass is 463 g/mol. The minimum absolute atomic E-state index is 0.00913. The molecule has 0 saturated carbocycles. The van der Waals surface area contributed by atoms with Crippen molar-refractivity contribution in [1.82, 2.24) is 19.8 Å². The molecule has 13 heteroatoms. The zero-order chi connectivity index (χ0) is 24.3. The predicted molar refractivity (Wildman–Crippen MR) is 110 cm³/mol. The summed E-state index contributed by atoms with van der Waals surface area (Å²) in [6, 6.07) is 4.34. The molecule has 0 fully saturated rings. The van der Waals surface area contributed by atoms with Crippen LogP contribution in [0.15, 0.2) is 35.1 Å². The molecule has 3 aromatic rings. The predicted octanol–water partition coefficient (Wildman–Crippen LogP) is 2.31. The van der Waals surface area contributed by atoms with Gasteiger partial charge in [0.05, 0.1) is 19.9 Å². The van der Waals surface area contributed by atoms with Crippen LogP contribution in [0.5, 0.6) is 11.5 Å².